The average Bonchev–Trinajstić information content (AvgIpc) is 2.58. The summed E-state index contributed by atoms with van der Waals surface area (Å²) in [6, 6.07) is 8.91. The summed E-state index contributed by atoms with van der Waals surface area (Å²) in [6.45, 7) is 1.88. The minimum absolute atomic E-state index is 0.247. The van der Waals surface area contributed by atoms with Crippen molar-refractivity contribution in [3.63, 3.8) is 0 Å². The second kappa shape index (κ2) is 8.48. The molecular weight excluding hydrogens is 335 g/mol. The molecule has 134 valence electrons. The van der Waals surface area contributed by atoms with Crippen LogP contribution in [0.25, 0.3) is 0 Å². The Morgan fingerprint density at radius 2 is 1.80 bits per heavy atom. The number of rotatable bonds is 8. The Kier molecular flexibility index (Phi) is 6.35. The average molecular weight is 353 g/mol. The van der Waals surface area contributed by atoms with E-state index in [1.165, 1.54) is 6.07 Å². The molecule has 0 radical (unpaired) electrons. The molecule has 0 aliphatic heterocycles. The molecule has 25 heavy (non-hydrogen) atoms. The molecule has 5 nitrogen and oxygen atoms in total. The van der Waals surface area contributed by atoms with E-state index in [1.54, 1.807) is 24.3 Å². The van der Waals surface area contributed by atoms with Gasteiger partial charge in [0.25, 0.3) is 0 Å². The normalized spacial score (nSPS) is 11.3. The molecule has 1 aromatic carbocycles. The first-order valence-corrected chi connectivity index (χ1v) is 7.66. The number of pyridine rings is 1. The highest BCUT2D eigenvalue weighted by molar-refractivity contribution is 5.87. The molecule has 1 heterocycles. The number of carboxylic acids is 1. The molecule has 0 aliphatic carbocycles. The van der Waals surface area contributed by atoms with Crippen molar-refractivity contribution in [1.29, 1.82) is 0 Å². The summed E-state index contributed by atoms with van der Waals surface area (Å²) in [6.07, 6.45) is -2.81. The zero-order valence-electron chi connectivity index (χ0n) is 13.3. The number of aromatic carboxylic acids is 1. The third-order valence-electron chi connectivity index (χ3n) is 3.46. The highest BCUT2D eigenvalue weighted by Gasteiger charge is 2.30. The number of nitrogens with one attached hydrogen (secondary N) is 2. The van der Waals surface area contributed by atoms with E-state index in [2.05, 4.69) is 15.6 Å². The van der Waals surface area contributed by atoms with Gasteiger partial charge in [-0.15, -0.1) is 0 Å². The lowest BCUT2D eigenvalue weighted by Gasteiger charge is -2.09. The van der Waals surface area contributed by atoms with Crippen molar-refractivity contribution in [1.82, 2.24) is 10.3 Å². The van der Waals surface area contributed by atoms with Crippen molar-refractivity contribution < 1.29 is 23.1 Å². The van der Waals surface area contributed by atoms with Crippen LogP contribution in [-0.4, -0.2) is 29.1 Å². The van der Waals surface area contributed by atoms with E-state index in [-0.39, 0.29) is 5.56 Å². The molecule has 0 atom stereocenters. The van der Waals surface area contributed by atoms with Crippen LogP contribution < -0.4 is 10.6 Å². The molecule has 0 fully saturated rings. The van der Waals surface area contributed by atoms with E-state index in [9.17, 15) is 18.0 Å². The van der Waals surface area contributed by atoms with Crippen LogP contribution in [0.4, 0.5) is 19.0 Å². The number of alkyl halides is 3. The molecule has 0 spiro atoms. The molecular formula is C17H18F3N3O2. The van der Waals surface area contributed by atoms with Gasteiger partial charge in [0.1, 0.15) is 5.82 Å². The third kappa shape index (κ3) is 6.07. The number of anilines is 1. The standard InChI is InChI=1S/C17H18F3N3O2/c18-17(19,20)14-6-7-15(23-11-14)22-9-1-8-21-10-12-2-4-13(5-3-12)16(24)25/h2-7,11,21H,1,8-10H2,(H,22,23)(H,24,25). The van der Waals surface area contributed by atoms with Crippen LogP contribution >= 0.6 is 0 Å². The summed E-state index contributed by atoms with van der Waals surface area (Å²) in [4.78, 5) is 14.5. The predicted molar refractivity (Wildman–Crippen MR) is 87.5 cm³/mol. The van der Waals surface area contributed by atoms with E-state index in [4.69, 9.17) is 5.11 Å². The Balaban J connectivity index is 1.64. The van der Waals surface area contributed by atoms with Crippen molar-refractivity contribution in [2.45, 2.75) is 19.1 Å². The Bertz CT molecular complexity index is 686. The van der Waals surface area contributed by atoms with Crippen molar-refractivity contribution in [3.05, 3.63) is 59.3 Å². The number of benzene rings is 1. The van der Waals surface area contributed by atoms with Crippen LogP contribution in [0.5, 0.6) is 0 Å². The van der Waals surface area contributed by atoms with Crippen LogP contribution in [0.2, 0.25) is 0 Å². The smallest absolute Gasteiger partial charge is 0.417 e. The monoisotopic (exact) mass is 353 g/mol. The zero-order chi connectivity index (χ0) is 18.3. The van der Waals surface area contributed by atoms with Gasteiger partial charge in [-0.1, -0.05) is 12.1 Å². The first kappa shape index (κ1) is 18.7. The summed E-state index contributed by atoms with van der Waals surface area (Å²) in [5, 5.41) is 15.0. The second-order valence-corrected chi connectivity index (χ2v) is 5.39. The van der Waals surface area contributed by atoms with Gasteiger partial charge in [-0.2, -0.15) is 13.2 Å². The molecule has 0 saturated heterocycles. The number of nitrogens with zero attached hydrogens (tertiary/aromatic N) is 1. The Labute approximate surface area is 142 Å². The van der Waals surface area contributed by atoms with Gasteiger partial charge < -0.3 is 15.7 Å². The van der Waals surface area contributed by atoms with Crippen LogP contribution in [-0.2, 0) is 12.7 Å². The number of carboxylic acid groups (broad SMARTS) is 1. The maximum atomic E-state index is 12.4. The first-order valence-electron chi connectivity index (χ1n) is 7.66. The third-order valence-corrected chi connectivity index (χ3v) is 3.46. The molecule has 0 bridgehead atoms. The first-order chi connectivity index (χ1) is 11.9. The summed E-state index contributed by atoms with van der Waals surface area (Å²) in [7, 11) is 0. The van der Waals surface area contributed by atoms with E-state index in [0.717, 1.165) is 24.2 Å². The summed E-state index contributed by atoms with van der Waals surface area (Å²) in [5.41, 5.74) is 0.452. The fraction of sp³-hybridized carbons (Fsp3) is 0.294. The number of hydrogen-bond donors (Lipinski definition) is 3. The second-order valence-electron chi connectivity index (χ2n) is 5.39. The molecule has 0 aliphatic rings. The highest BCUT2D eigenvalue weighted by atomic mass is 19.4. The number of aromatic nitrogens is 1. The van der Waals surface area contributed by atoms with Gasteiger partial charge in [0.2, 0.25) is 0 Å². The minimum Gasteiger partial charge on any atom is -0.478 e. The maximum Gasteiger partial charge on any atom is 0.417 e. The molecule has 2 aromatic rings. The summed E-state index contributed by atoms with van der Waals surface area (Å²) in [5.74, 6) is -0.556. The lowest BCUT2D eigenvalue weighted by atomic mass is 10.1. The van der Waals surface area contributed by atoms with E-state index < -0.39 is 17.7 Å². The van der Waals surface area contributed by atoms with Gasteiger partial charge >= 0.3 is 12.1 Å². The van der Waals surface area contributed by atoms with Crippen molar-refractivity contribution in [3.8, 4) is 0 Å². The molecule has 1 aromatic heterocycles. The lowest BCUT2D eigenvalue weighted by Crippen LogP contribution is -2.18. The minimum atomic E-state index is -4.38. The van der Waals surface area contributed by atoms with Gasteiger partial charge in [-0.3, -0.25) is 0 Å². The summed E-state index contributed by atoms with van der Waals surface area (Å²) < 4.78 is 37.2. The van der Waals surface area contributed by atoms with Gasteiger partial charge in [-0.25, -0.2) is 9.78 Å². The maximum absolute atomic E-state index is 12.4. The van der Waals surface area contributed by atoms with Crippen molar-refractivity contribution in [2.24, 2.45) is 0 Å². The van der Waals surface area contributed by atoms with Crippen LogP contribution in [0, 0.1) is 0 Å². The molecule has 0 unspecified atom stereocenters. The van der Waals surface area contributed by atoms with Gasteiger partial charge in [0, 0.05) is 19.3 Å². The van der Waals surface area contributed by atoms with E-state index in [0.29, 0.717) is 25.5 Å². The van der Waals surface area contributed by atoms with Gasteiger partial charge in [0.15, 0.2) is 0 Å². The predicted octanol–water partition coefficient (Wildman–Crippen LogP) is 3.39. The largest absolute Gasteiger partial charge is 0.478 e. The Morgan fingerprint density at radius 1 is 1.08 bits per heavy atom. The van der Waals surface area contributed by atoms with Crippen LogP contribution in [0.3, 0.4) is 0 Å². The van der Waals surface area contributed by atoms with E-state index >= 15 is 0 Å². The Morgan fingerprint density at radius 3 is 2.36 bits per heavy atom. The zero-order valence-corrected chi connectivity index (χ0v) is 13.3. The summed E-state index contributed by atoms with van der Waals surface area (Å²) >= 11 is 0. The van der Waals surface area contributed by atoms with Crippen molar-refractivity contribution in [2.75, 3.05) is 18.4 Å². The molecule has 0 amide bonds. The SMILES string of the molecule is O=C(O)c1ccc(CNCCCNc2ccc(C(F)(F)F)cn2)cc1. The fourth-order valence-electron chi connectivity index (χ4n) is 2.09. The number of hydrogen-bond acceptors (Lipinski definition) is 4. The molecule has 8 heteroatoms. The van der Waals surface area contributed by atoms with Crippen LogP contribution in [0.1, 0.15) is 27.9 Å². The fourth-order valence-corrected chi connectivity index (χ4v) is 2.09. The topological polar surface area (TPSA) is 74.2 Å². The van der Waals surface area contributed by atoms with Gasteiger partial charge in [-0.05, 0) is 42.8 Å². The van der Waals surface area contributed by atoms with E-state index in [1.807, 2.05) is 0 Å². The lowest BCUT2D eigenvalue weighted by molar-refractivity contribution is -0.137. The quantitative estimate of drug-likeness (QED) is 0.635. The van der Waals surface area contributed by atoms with Crippen LogP contribution in [0.15, 0.2) is 42.6 Å². The highest BCUT2D eigenvalue weighted by Crippen LogP contribution is 2.28. The molecule has 0 saturated carbocycles. The van der Waals surface area contributed by atoms with Gasteiger partial charge in [0.05, 0.1) is 11.1 Å². The number of halogens is 3. The molecule has 2 rings (SSSR count). The number of carbonyl (C=O) groups is 1. The van der Waals surface area contributed by atoms with Crippen molar-refractivity contribution >= 4 is 11.8 Å². The Hall–Kier alpha value is -2.61. The molecule has 3 N–H and O–H groups in total.